The zero-order valence-electron chi connectivity index (χ0n) is 16.4. The summed E-state index contributed by atoms with van der Waals surface area (Å²) in [4.78, 5) is 4.54. The van der Waals surface area contributed by atoms with Gasteiger partial charge in [-0.2, -0.15) is 0 Å². The van der Waals surface area contributed by atoms with E-state index >= 15 is 0 Å². The molecule has 0 amide bonds. The summed E-state index contributed by atoms with van der Waals surface area (Å²) in [7, 11) is 24.4. The Morgan fingerprint density at radius 3 is 1.27 bits per heavy atom. The Bertz CT molecular complexity index is 493. The van der Waals surface area contributed by atoms with Gasteiger partial charge in [0.1, 0.15) is 0 Å². The molecule has 0 spiro atoms. The van der Waals surface area contributed by atoms with E-state index in [4.69, 9.17) is 20.2 Å². The van der Waals surface area contributed by atoms with E-state index in [1.807, 2.05) is 80.9 Å². The monoisotopic (exact) mass is 482 g/mol. The second kappa shape index (κ2) is 14.4. The van der Waals surface area contributed by atoms with E-state index in [1.54, 1.807) is 0 Å². The molecule has 1 heterocycles. The van der Waals surface area contributed by atoms with Crippen LogP contribution in [0.15, 0.2) is 21.7 Å². The fourth-order valence-electron chi connectivity index (χ4n) is 1.89. The van der Waals surface area contributed by atoms with Crippen molar-refractivity contribution in [1.29, 1.82) is 0 Å². The van der Waals surface area contributed by atoms with Crippen LogP contribution in [0, 0.1) is 0 Å². The second-order valence-electron chi connectivity index (χ2n) is 5.76. The molecule has 1 aromatic heterocycles. The van der Waals surface area contributed by atoms with Crippen LogP contribution in [0.5, 0.6) is 0 Å². The molecule has 12 heteroatoms. The van der Waals surface area contributed by atoms with Crippen LogP contribution in [0.4, 0.5) is 0 Å². The van der Waals surface area contributed by atoms with Crippen molar-refractivity contribution < 1.29 is 13.1 Å². The normalized spacial score (nSPS) is 12.6. The van der Waals surface area contributed by atoms with Crippen LogP contribution in [0.25, 0.3) is 0 Å². The van der Waals surface area contributed by atoms with E-state index < -0.39 is 16.7 Å². The molecule has 0 saturated heterocycles. The molecule has 0 N–H and O–H groups in total. The van der Waals surface area contributed by atoms with E-state index in [-0.39, 0.29) is 13.1 Å². The van der Waals surface area contributed by atoms with Gasteiger partial charge in [-0.05, 0) is 56.4 Å². The number of nitrogens with zero attached hydrogens (tertiary/aromatic N) is 7. The standard InChI is InChI=1S/C14H28N7P2.2ClH.Fe/c1-18(2)22(19(3)4)15-11-13-9-10-14(17-13)12-16-23(20(5)6)21(7)8;;;/h9-12H,1-8H3;2*1H;/q-1;;;+3/p-2/b15-11+,16-12+;;;. The molecule has 0 unspecified atom stereocenters. The number of halogens is 2. The summed E-state index contributed by atoms with van der Waals surface area (Å²) in [6, 6.07) is 3.94. The van der Waals surface area contributed by atoms with Crippen molar-refractivity contribution in [2.24, 2.45) is 9.53 Å². The Kier molecular flexibility index (Phi) is 14.7. The molecular formula is C14H28Cl2FeN7P2. The predicted octanol–water partition coefficient (Wildman–Crippen LogP) is 3.56. The van der Waals surface area contributed by atoms with Crippen LogP contribution in [0.1, 0.15) is 11.4 Å². The summed E-state index contributed by atoms with van der Waals surface area (Å²) in [5, 5.41) is 0. The maximum atomic E-state index is 4.76. The Hall–Kier alpha value is 0.419. The van der Waals surface area contributed by atoms with Crippen molar-refractivity contribution in [2.45, 2.75) is 0 Å². The van der Waals surface area contributed by atoms with E-state index in [2.05, 4.69) is 33.2 Å². The first kappa shape index (κ1) is 26.4. The molecule has 1 aromatic rings. The van der Waals surface area contributed by atoms with Gasteiger partial charge in [-0.3, -0.25) is 18.7 Å². The first-order chi connectivity index (χ1) is 12.1. The molecule has 0 saturated carbocycles. The number of rotatable bonds is 8. The first-order valence-corrected chi connectivity index (χ1v) is 12.9. The Balaban J connectivity index is 0.00000194. The molecule has 0 aliphatic rings. The van der Waals surface area contributed by atoms with Crippen molar-refractivity contribution in [1.82, 2.24) is 23.7 Å². The minimum absolute atomic E-state index is 0.194. The third-order valence-electron chi connectivity index (χ3n) is 2.70. The van der Waals surface area contributed by atoms with Crippen LogP contribution in [0.3, 0.4) is 0 Å². The van der Waals surface area contributed by atoms with Crippen LogP contribution in [-0.4, -0.2) is 87.5 Å². The topological polar surface area (TPSA) is 51.8 Å². The van der Waals surface area contributed by atoms with Gasteiger partial charge in [-0.15, -0.1) is 11.4 Å². The van der Waals surface area contributed by atoms with Gasteiger partial charge in [-0.25, -0.2) is 9.53 Å². The summed E-state index contributed by atoms with van der Waals surface area (Å²) in [6.45, 7) is 0. The van der Waals surface area contributed by atoms with Crippen LogP contribution >= 0.6 is 36.9 Å². The zero-order chi connectivity index (χ0) is 20.3. The zero-order valence-corrected chi connectivity index (χ0v) is 20.8. The van der Waals surface area contributed by atoms with Crippen molar-refractivity contribution in [3.63, 3.8) is 0 Å². The molecule has 1 rings (SSSR count). The molecule has 7 nitrogen and oxygen atoms in total. The van der Waals surface area contributed by atoms with Crippen LogP contribution in [0.2, 0.25) is 0 Å². The van der Waals surface area contributed by atoms with E-state index in [0.717, 1.165) is 11.4 Å². The third kappa shape index (κ3) is 10.7. The van der Waals surface area contributed by atoms with E-state index in [9.17, 15) is 0 Å². The van der Waals surface area contributed by atoms with Gasteiger partial charge in [0, 0.05) is 12.4 Å². The SMILES string of the molecule is CN(C)P(/N=C/c1ccc(/C=N/P(N(C)C)N(C)C)[n-]1)N(C)C.[Cl][Fe+][Cl]. The molecule has 0 aromatic carbocycles. The number of hydrogen-bond donors (Lipinski definition) is 0. The van der Waals surface area contributed by atoms with Gasteiger partial charge in [0.05, 0.1) is 0 Å². The van der Waals surface area contributed by atoms with Crippen molar-refractivity contribution in [2.75, 3.05) is 56.4 Å². The molecule has 0 atom stereocenters. The average molecular weight is 483 g/mol. The molecule has 0 fully saturated rings. The van der Waals surface area contributed by atoms with Gasteiger partial charge in [0.25, 0.3) is 0 Å². The van der Waals surface area contributed by atoms with Gasteiger partial charge >= 0.3 is 33.3 Å². The third-order valence-corrected chi connectivity index (χ3v) is 6.21. The van der Waals surface area contributed by atoms with E-state index in [0.29, 0.717) is 0 Å². The molecular weight excluding hydrogens is 455 g/mol. The number of hydrogen-bond acceptors (Lipinski definition) is 6. The fraction of sp³-hybridized carbons (Fsp3) is 0.571. The van der Waals surface area contributed by atoms with Gasteiger partial charge in [-0.1, -0.05) is 12.1 Å². The van der Waals surface area contributed by atoms with Crippen LogP contribution in [-0.2, 0) is 13.1 Å². The van der Waals surface area contributed by atoms with Crippen molar-refractivity contribution in [3.05, 3.63) is 23.5 Å². The molecule has 151 valence electrons. The molecule has 0 aliphatic carbocycles. The molecule has 0 bridgehead atoms. The average Bonchev–Trinajstić information content (AvgIpc) is 2.94. The Labute approximate surface area is 175 Å². The van der Waals surface area contributed by atoms with Crippen LogP contribution < -0.4 is 4.98 Å². The summed E-state index contributed by atoms with van der Waals surface area (Å²) in [5.74, 6) is 0. The second-order valence-corrected chi connectivity index (χ2v) is 12.3. The fourth-order valence-corrected chi connectivity index (χ4v) is 4.59. The molecule has 0 radical (unpaired) electrons. The molecule has 0 aliphatic heterocycles. The minimum atomic E-state index is -0.676. The van der Waals surface area contributed by atoms with E-state index in [1.165, 1.54) is 0 Å². The van der Waals surface area contributed by atoms with Crippen molar-refractivity contribution >= 4 is 49.4 Å². The van der Waals surface area contributed by atoms with Crippen molar-refractivity contribution in [3.8, 4) is 0 Å². The van der Waals surface area contributed by atoms with Gasteiger partial charge in [0.2, 0.25) is 0 Å². The summed E-state index contributed by atoms with van der Waals surface area (Å²) in [5.41, 5.74) is 1.73. The first-order valence-electron chi connectivity index (χ1n) is 7.50. The maximum absolute atomic E-state index is 4.76. The van der Waals surface area contributed by atoms with Gasteiger partial charge < -0.3 is 4.98 Å². The Morgan fingerprint density at radius 2 is 1.04 bits per heavy atom. The quantitative estimate of drug-likeness (QED) is 0.322. The summed E-state index contributed by atoms with van der Waals surface area (Å²) < 4.78 is 17.7. The Morgan fingerprint density at radius 1 is 0.769 bits per heavy atom. The number of aromatic nitrogens is 1. The van der Waals surface area contributed by atoms with Gasteiger partial charge in [0.15, 0.2) is 16.7 Å². The summed E-state index contributed by atoms with van der Waals surface area (Å²) >= 11 is 0.194. The summed E-state index contributed by atoms with van der Waals surface area (Å²) in [6.07, 6.45) is 3.67. The predicted molar refractivity (Wildman–Crippen MR) is 115 cm³/mol. The molecule has 26 heavy (non-hydrogen) atoms.